The number of benzene rings is 1. The van der Waals surface area contributed by atoms with Gasteiger partial charge in [0.25, 0.3) is 0 Å². The highest BCUT2D eigenvalue weighted by molar-refractivity contribution is 7.80. The number of hydrogen-bond acceptors (Lipinski definition) is 5. The Bertz CT molecular complexity index is 764. The molecule has 28 heavy (non-hydrogen) atoms. The second kappa shape index (κ2) is 10.1. The molecule has 2 heterocycles. The average molecular weight is 423 g/mol. The summed E-state index contributed by atoms with van der Waals surface area (Å²) in [6.45, 7) is 5.78. The van der Waals surface area contributed by atoms with Crippen LogP contribution >= 0.6 is 23.6 Å². The lowest BCUT2D eigenvalue weighted by atomic mass is 10.1. The quantitative estimate of drug-likeness (QED) is 0.594. The minimum atomic E-state index is 0.156. The highest BCUT2D eigenvalue weighted by atomic mass is 32.1. The monoisotopic (exact) mass is 422 g/mol. The van der Waals surface area contributed by atoms with Gasteiger partial charge in [-0.15, -0.1) is 11.3 Å². The van der Waals surface area contributed by atoms with Gasteiger partial charge in [0.2, 0.25) is 0 Å². The minimum absolute atomic E-state index is 0.156. The zero-order chi connectivity index (χ0) is 19.9. The van der Waals surface area contributed by atoms with Crippen molar-refractivity contribution in [2.24, 2.45) is 0 Å². The fourth-order valence-electron chi connectivity index (χ4n) is 3.57. The molecule has 0 unspecified atom stereocenters. The second-order valence-electron chi connectivity index (χ2n) is 6.72. The molecule has 152 valence electrons. The van der Waals surface area contributed by atoms with Gasteiger partial charge in [0.15, 0.2) is 5.11 Å². The van der Waals surface area contributed by atoms with Gasteiger partial charge in [-0.3, -0.25) is 0 Å². The molecular formula is C20H28N3O3S2+. The van der Waals surface area contributed by atoms with Crippen LogP contribution in [0.2, 0.25) is 0 Å². The molecular weight excluding hydrogens is 394 g/mol. The fraction of sp³-hybridized carbons (Fsp3) is 0.450. The summed E-state index contributed by atoms with van der Waals surface area (Å²) in [6, 6.07) is 10.4. The van der Waals surface area contributed by atoms with E-state index in [9.17, 15) is 0 Å². The maximum absolute atomic E-state index is 5.60. The number of thiocarbonyl (C=S) groups is 1. The van der Waals surface area contributed by atoms with Crippen molar-refractivity contribution < 1.29 is 19.1 Å². The summed E-state index contributed by atoms with van der Waals surface area (Å²) < 4.78 is 16.3. The third kappa shape index (κ3) is 5.14. The van der Waals surface area contributed by atoms with Gasteiger partial charge in [0, 0.05) is 6.07 Å². The molecule has 1 fully saturated rings. The van der Waals surface area contributed by atoms with Crippen LogP contribution in [0.4, 0.5) is 5.69 Å². The van der Waals surface area contributed by atoms with E-state index in [-0.39, 0.29) is 6.04 Å². The Morgan fingerprint density at radius 3 is 2.64 bits per heavy atom. The van der Waals surface area contributed by atoms with Gasteiger partial charge >= 0.3 is 0 Å². The Labute approximate surface area is 175 Å². The first-order valence-electron chi connectivity index (χ1n) is 9.37. The second-order valence-corrected chi connectivity index (χ2v) is 8.10. The maximum atomic E-state index is 5.60. The summed E-state index contributed by atoms with van der Waals surface area (Å²) in [5.74, 6) is 1.46. The first kappa shape index (κ1) is 20.9. The van der Waals surface area contributed by atoms with Crippen molar-refractivity contribution in [3.05, 3.63) is 40.6 Å². The van der Waals surface area contributed by atoms with Gasteiger partial charge in [-0.05, 0) is 42.7 Å². The molecule has 3 N–H and O–H groups in total. The zero-order valence-electron chi connectivity index (χ0n) is 16.5. The Morgan fingerprint density at radius 1 is 1.21 bits per heavy atom. The molecule has 0 radical (unpaired) electrons. The molecule has 1 aromatic heterocycles. The summed E-state index contributed by atoms with van der Waals surface area (Å²) >= 11 is 7.39. The number of morpholine rings is 1. The van der Waals surface area contributed by atoms with Gasteiger partial charge in [0.1, 0.15) is 30.6 Å². The summed E-state index contributed by atoms with van der Waals surface area (Å²) in [4.78, 5) is 2.88. The Balaban J connectivity index is 1.71. The third-order valence-electron chi connectivity index (χ3n) is 4.94. The zero-order valence-corrected chi connectivity index (χ0v) is 18.1. The number of anilines is 1. The predicted molar refractivity (Wildman–Crippen MR) is 117 cm³/mol. The summed E-state index contributed by atoms with van der Waals surface area (Å²) in [5, 5.41) is 9.42. The first-order valence-corrected chi connectivity index (χ1v) is 10.7. The Kier molecular flexibility index (Phi) is 7.50. The SMILES string of the molecule is COc1ccc(OC)c(NC(=S)N[C@H](C)[C@@H](c2cccs2)[NH+]2CCOCC2)c1. The van der Waals surface area contributed by atoms with Gasteiger partial charge in [-0.25, -0.2) is 0 Å². The molecule has 0 saturated carbocycles. The van der Waals surface area contributed by atoms with E-state index in [2.05, 4.69) is 35.1 Å². The minimum Gasteiger partial charge on any atom is -0.497 e. The molecule has 0 amide bonds. The summed E-state index contributed by atoms with van der Waals surface area (Å²) in [6.07, 6.45) is 0. The van der Waals surface area contributed by atoms with Crippen LogP contribution in [0.5, 0.6) is 11.5 Å². The van der Waals surface area contributed by atoms with Crippen molar-refractivity contribution in [1.29, 1.82) is 0 Å². The molecule has 6 nitrogen and oxygen atoms in total. The van der Waals surface area contributed by atoms with Crippen LogP contribution in [0.1, 0.15) is 17.8 Å². The van der Waals surface area contributed by atoms with Crippen molar-refractivity contribution in [3.63, 3.8) is 0 Å². The van der Waals surface area contributed by atoms with Gasteiger partial charge < -0.3 is 29.7 Å². The highest BCUT2D eigenvalue weighted by Crippen LogP contribution is 2.29. The molecule has 1 aliphatic heterocycles. The van der Waals surface area contributed by atoms with E-state index >= 15 is 0 Å². The topological polar surface area (TPSA) is 56.2 Å². The normalized spacial score (nSPS) is 16.8. The van der Waals surface area contributed by atoms with Crippen molar-refractivity contribution in [1.82, 2.24) is 5.32 Å². The van der Waals surface area contributed by atoms with Crippen molar-refractivity contribution in [2.45, 2.75) is 19.0 Å². The number of rotatable bonds is 7. The molecule has 2 atom stereocenters. The van der Waals surface area contributed by atoms with Crippen molar-refractivity contribution in [3.8, 4) is 11.5 Å². The van der Waals surface area contributed by atoms with E-state index in [1.54, 1.807) is 25.6 Å². The highest BCUT2D eigenvalue weighted by Gasteiger charge is 2.32. The third-order valence-corrected chi connectivity index (χ3v) is 6.11. The van der Waals surface area contributed by atoms with Crippen LogP contribution in [0.25, 0.3) is 0 Å². The van der Waals surface area contributed by atoms with E-state index in [4.69, 9.17) is 26.4 Å². The molecule has 0 spiro atoms. The van der Waals surface area contributed by atoms with Crippen LogP contribution in [-0.2, 0) is 4.74 Å². The molecule has 1 aromatic carbocycles. The van der Waals surface area contributed by atoms with Crippen LogP contribution < -0.4 is 25.0 Å². The molecule has 3 rings (SSSR count). The lowest BCUT2D eigenvalue weighted by Crippen LogP contribution is -3.15. The van der Waals surface area contributed by atoms with E-state index in [0.29, 0.717) is 16.9 Å². The first-order chi connectivity index (χ1) is 13.6. The van der Waals surface area contributed by atoms with Crippen molar-refractivity contribution in [2.75, 3.05) is 45.8 Å². The van der Waals surface area contributed by atoms with Crippen LogP contribution in [-0.4, -0.2) is 51.7 Å². The number of quaternary nitrogens is 1. The van der Waals surface area contributed by atoms with Crippen LogP contribution in [0.15, 0.2) is 35.7 Å². The standard InChI is InChI=1S/C20H27N3O3S2/c1-14(19(18-5-4-12-28-18)23-8-10-26-11-9-23)21-20(27)22-16-13-15(24-2)6-7-17(16)25-3/h4-7,12-14,19H,8-11H2,1-3H3,(H2,21,22,27)/p+1/t14-,19+/m1/s1. The summed E-state index contributed by atoms with van der Waals surface area (Å²) in [7, 11) is 3.28. The molecule has 1 aliphatic rings. The molecule has 8 heteroatoms. The van der Waals surface area contributed by atoms with Crippen molar-refractivity contribution >= 4 is 34.4 Å². The fourth-order valence-corrected chi connectivity index (χ4v) is 4.86. The number of methoxy groups -OCH3 is 2. The Morgan fingerprint density at radius 2 is 2.00 bits per heavy atom. The van der Waals surface area contributed by atoms with Gasteiger partial charge in [-0.2, -0.15) is 0 Å². The number of ether oxygens (including phenoxy) is 3. The van der Waals surface area contributed by atoms with Crippen LogP contribution in [0, 0.1) is 0 Å². The number of hydrogen-bond donors (Lipinski definition) is 3. The molecule has 0 bridgehead atoms. The number of thiophene rings is 1. The van der Waals surface area contributed by atoms with E-state index in [1.807, 2.05) is 18.2 Å². The Hall–Kier alpha value is -1.87. The van der Waals surface area contributed by atoms with Crippen LogP contribution in [0.3, 0.4) is 0 Å². The predicted octanol–water partition coefficient (Wildman–Crippen LogP) is 2.10. The molecule has 1 saturated heterocycles. The van der Waals surface area contributed by atoms with E-state index in [1.165, 1.54) is 9.78 Å². The van der Waals surface area contributed by atoms with E-state index in [0.717, 1.165) is 37.7 Å². The average Bonchev–Trinajstić information content (AvgIpc) is 3.23. The molecule has 2 aromatic rings. The largest absolute Gasteiger partial charge is 0.497 e. The maximum Gasteiger partial charge on any atom is 0.171 e. The van der Waals surface area contributed by atoms with Gasteiger partial charge in [-0.1, -0.05) is 6.07 Å². The molecule has 0 aliphatic carbocycles. The van der Waals surface area contributed by atoms with Gasteiger partial charge in [0.05, 0.1) is 44.0 Å². The number of nitrogens with one attached hydrogen (secondary N) is 3. The smallest absolute Gasteiger partial charge is 0.171 e. The lowest BCUT2D eigenvalue weighted by molar-refractivity contribution is -0.939. The lowest BCUT2D eigenvalue weighted by Gasteiger charge is -2.35. The van der Waals surface area contributed by atoms with E-state index < -0.39 is 0 Å². The summed E-state index contributed by atoms with van der Waals surface area (Å²) in [5.41, 5.74) is 0.776.